The first kappa shape index (κ1) is 12.5. The summed E-state index contributed by atoms with van der Waals surface area (Å²) in [5.74, 6) is 5.93. The molecule has 0 aromatic heterocycles. The fourth-order valence-corrected chi connectivity index (χ4v) is 5.39. The van der Waals surface area contributed by atoms with E-state index in [2.05, 4.69) is 24.3 Å². The van der Waals surface area contributed by atoms with E-state index < -0.39 is 0 Å². The van der Waals surface area contributed by atoms with Crippen LogP contribution in [-0.4, -0.2) is 19.3 Å². The Morgan fingerprint density at radius 3 is 2.76 bits per heavy atom. The lowest BCUT2D eigenvalue weighted by Crippen LogP contribution is -2.41. The Morgan fingerprint density at radius 2 is 1.90 bits per heavy atom. The fourth-order valence-electron chi connectivity index (χ4n) is 5.39. The van der Waals surface area contributed by atoms with Crippen molar-refractivity contribution in [1.82, 2.24) is 0 Å². The second-order valence-electron chi connectivity index (χ2n) is 7.65. The molecule has 0 N–H and O–H groups in total. The molecule has 6 rings (SSSR count). The van der Waals surface area contributed by atoms with Crippen molar-refractivity contribution in [2.24, 2.45) is 23.7 Å². The normalized spacial score (nSPS) is 43.0. The van der Waals surface area contributed by atoms with Crippen LogP contribution >= 0.6 is 0 Å². The number of hydrogen-bond acceptors (Lipinski definition) is 2. The van der Waals surface area contributed by atoms with Crippen LogP contribution in [0.2, 0.25) is 0 Å². The lowest BCUT2D eigenvalue weighted by atomic mass is 9.55. The second kappa shape index (κ2) is 4.74. The number of hydrogen-bond donors (Lipinski definition) is 0. The minimum absolute atomic E-state index is 0.344. The largest absolute Gasteiger partial charge is 0.490 e. The molecular formula is C19H24O2. The highest BCUT2D eigenvalue weighted by atomic mass is 16.6. The summed E-state index contributed by atoms with van der Waals surface area (Å²) in [7, 11) is 0. The molecule has 2 bridgehead atoms. The molecule has 112 valence electrons. The van der Waals surface area contributed by atoms with Crippen LogP contribution in [-0.2, 0) is 4.74 Å². The van der Waals surface area contributed by atoms with E-state index in [-0.39, 0.29) is 0 Å². The summed E-state index contributed by atoms with van der Waals surface area (Å²) in [4.78, 5) is 0. The number of rotatable bonds is 4. The van der Waals surface area contributed by atoms with E-state index in [4.69, 9.17) is 9.47 Å². The van der Waals surface area contributed by atoms with Gasteiger partial charge in [-0.25, -0.2) is 0 Å². The predicted octanol–water partition coefficient (Wildman–Crippen LogP) is 4.00. The number of benzene rings is 1. The molecule has 4 atom stereocenters. The van der Waals surface area contributed by atoms with Crippen LogP contribution in [0.25, 0.3) is 0 Å². The molecule has 1 heterocycles. The van der Waals surface area contributed by atoms with Crippen molar-refractivity contribution >= 4 is 0 Å². The highest BCUT2D eigenvalue weighted by Gasteiger charge is 2.51. The predicted molar refractivity (Wildman–Crippen MR) is 81.5 cm³/mol. The van der Waals surface area contributed by atoms with Gasteiger partial charge >= 0.3 is 0 Å². The lowest BCUT2D eigenvalue weighted by Gasteiger charge is -2.50. The molecular weight excluding hydrogens is 260 g/mol. The van der Waals surface area contributed by atoms with Gasteiger partial charge in [0, 0.05) is 0 Å². The van der Waals surface area contributed by atoms with Crippen LogP contribution in [0.4, 0.5) is 0 Å². The summed E-state index contributed by atoms with van der Waals surface area (Å²) in [5, 5.41) is 0. The third kappa shape index (κ3) is 2.11. The van der Waals surface area contributed by atoms with Gasteiger partial charge in [-0.2, -0.15) is 0 Å². The topological polar surface area (TPSA) is 21.8 Å². The molecule has 1 saturated heterocycles. The maximum absolute atomic E-state index is 6.07. The van der Waals surface area contributed by atoms with Gasteiger partial charge in [0.05, 0.1) is 6.61 Å². The smallest absolute Gasteiger partial charge is 0.122 e. The molecule has 4 aliphatic carbocycles. The summed E-state index contributed by atoms with van der Waals surface area (Å²) in [6, 6.07) is 8.77. The molecule has 0 spiro atoms. The third-order valence-corrected chi connectivity index (χ3v) is 6.51. The molecule has 1 aromatic carbocycles. The van der Waals surface area contributed by atoms with E-state index in [0.29, 0.717) is 6.10 Å². The fraction of sp³-hybridized carbons (Fsp3) is 0.684. The molecule has 1 aliphatic heterocycles. The van der Waals surface area contributed by atoms with Crippen LogP contribution in [0, 0.1) is 23.7 Å². The first-order chi connectivity index (χ1) is 10.4. The van der Waals surface area contributed by atoms with Crippen LogP contribution in [0.15, 0.2) is 24.3 Å². The molecule has 2 heteroatoms. The molecule has 5 aliphatic rings. The minimum atomic E-state index is 0.344. The highest BCUT2D eigenvalue weighted by Crippen LogP contribution is 2.61. The zero-order valence-corrected chi connectivity index (χ0v) is 12.5. The Kier molecular flexibility index (Phi) is 2.83. The average molecular weight is 284 g/mol. The van der Waals surface area contributed by atoms with Gasteiger partial charge < -0.3 is 9.47 Å². The molecule has 2 nitrogen and oxygen atoms in total. The van der Waals surface area contributed by atoms with Gasteiger partial charge in [-0.3, -0.25) is 0 Å². The Hall–Kier alpha value is -1.02. The molecule has 1 aromatic rings. The van der Waals surface area contributed by atoms with E-state index in [0.717, 1.165) is 48.6 Å². The van der Waals surface area contributed by atoms with Gasteiger partial charge in [-0.15, -0.1) is 0 Å². The molecule has 4 unspecified atom stereocenters. The summed E-state index contributed by atoms with van der Waals surface area (Å²) in [5.41, 5.74) is 1.48. The van der Waals surface area contributed by atoms with Crippen LogP contribution in [0.3, 0.4) is 0 Å². The third-order valence-electron chi connectivity index (χ3n) is 6.51. The van der Waals surface area contributed by atoms with Crippen LogP contribution in [0.5, 0.6) is 5.75 Å². The zero-order valence-electron chi connectivity index (χ0n) is 12.5. The summed E-state index contributed by atoms with van der Waals surface area (Å²) in [6.07, 6.45) is 7.71. The summed E-state index contributed by atoms with van der Waals surface area (Å²) in [6.45, 7) is 1.60. The molecule has 4 saturated carbocycles. The standard InChI is InChI=1S/C19H24O2/c1-2-4-19(21-11-14-10-20-14)17(3-1)16-6-5-15-13-7-12(8-13)9-18(15)16/h1-4,12-16,18H,5-11H2. The molecule has 21 heavy (non-hydrogen) atoms. The van der Waals surface area contributed by atoms with E-state index in [1.807, 2.05) is 0 Å². The van der Waals surface area contributed by atoms with E-state index >= 15 is 0 Å². The summed E-state index contributed by atoms with van der Waals surface area (Å²) < 4.78 is 11.3. The summed E-state index contributed by atoms with van der Waals surface area (Å²) >= 11 is 0. The Balaban J connectivity index is 1.39. The SMILES string of the molecule is c1ccc(C2CCC3C4CC(C4)CC23)c(OCC2CO2)c1. The average Bonchev–Trinajstić information content (AvgIpc) is 3.21. The van der Waals surface area contributed by atoms with Gasteiger partial charge in [-0.1, -0.05) is 18.2 Å². The molecule has 5 fully saturated rings. The van der Waals surface area contributed by atoms with Crippen LogP contribution in [0.1, 0.15) is 43.6 Å². The van der Waals surface area contributed by atoms with Crippen LogP contribution < -0.4 is 4.74 Å². The van der Waals surface area contributed by atoms with Crippen molar-refractivity contribution in [3.8, 4) is 5.75 Å². The van der Waals surface area contributed by atoms with Crippen molar-refractivity contribution in [2.75, 3.05) is 13.2 Å². The van der Waals surface area contributed by atoms with Gasteiger partial charge in [-0.05, 0) is 73.3 Å². The minimum Gasteiger partial charge on any atom is -0.490 e. The van der Waals surface area contributed by atoms with Crippen molar-refractivity contribution in [3.63, 3.8) is 0 Å². The Bertz CT molecular complexity index is 530. The van der Waals surface area contributed by atoms with Gasteiger partial charge in [0.2, 0.25) is 0 Å². The van der Waals surface area contributed by atoms with E-state index in [1.165, 1.54) is 37.7 Å². The van der Waals surface area contributed by atoms with E-state index in [9.17, 15) is 0 Å². The van der Waals surface area contributed by atoms with Crippen molar-refractivity contribution in [3.05, 3.63) is 29.8 Å². The van der Waals surface area contributed by atoms with Gasteiger partial charge in [0.1, 0.15) is 18.5 Å². The first-order valence-electron chi connectivity index (χ1n) is 8.72. The van der Waals surface area contributed by atoms with E-state index in [1.54, 1.807) is 0 Å². The first-order valence-corrected chi connectivity index (χ1v) is 8.72. The van der Waals surface area contributed by atoms with Crippen molar-refractivity contribution in [2.45, 2.75) is 44.1 Å². The van der Waals surface area contributed by atoms with Gasteiger partial charge in [0.25, 0.3) is 0 Å². The quantitative estimate of drug-likeness (QED) is 0.779. The van der Waals surface area contributed by atoms with Gasteiger partial charge in [0.15, 0.2) is 0 Å². The molecule has 0 radical (unpaired) electrons. The maximum atomic E-state index is 6.07. The Morgan fingerprint density at radius 1 is 1.05 bits per heavy atom. The zero-order chi connectivity index (χ0) is 13.8. The molecule has 0 amide bonds. The number of epoxide rings is 1. The second-order valence-corrected chi connectivity index (χ2v) is 7.65. The lowest BCUT2D eigenvalue weighted by molar-refractivity contribution is 0.00991. The number of ether oxygens (including phenoxy) is 2. The van der Waals surface area contributed by atoms with Crippen molar-refractivity contribution in [1.29, 1.82) is 0 Å². The van der Waals surface area contributed by atoms with Crippen molar-refractivity contribution < 1.29 is 9.47 Å². The Labute approximate surface area is 126 Å². The monoisotopic (exact) mass is 284 g/mol. The highest BCUT2D eigenvalue weighted by molar-refractivity contribution is 5.38. The maximum Gasteiger partial charge on any atom is 0.122 e. The number of para-hydroxylation sites is 1.